The third-order valence-electron chi connectivity index (χ3n) is 5.08. The van der Waals surface area contributed by atoms with Crippen LogP contribution < -0.4 is 11.5 Å². The lowest BCUT2D eigenvalue weighted by Crippen LogP contribution is -2.52. The number of hydrogen-bond acceptors (Lipinski definition) is 4. The third kappa shape index (κ3) is 9.38. The number of carbonyl (C=O) groups excluding carboxylic acids is 2. The first-order valence-corrected chi connectivity index (χ1v) is 10.1. The van der Waals surface area contributed by atoms with E-state index in [4.69, 9.17) is 11.5 Å². The van der Waals surface area contributed by atoms with Crippen LogP contribution in [0.4, 0.5) is 0 Å². The summed E-state index contributed by atoms with van der Waals surface area (Å²) in [7, 11) is 0. The number of phenolic OH excluding ortho intramolecular Hbond substituents is 1. The molecule has 0 aliphatic heterocycles. The van der Waals surface area contributed by atoms with Crippen molar-refractivity contribution in [1.29, 1.82) is 0 Å². The number of halogens is 1. The van der Waals surface area contributed by atoms with Crippen LogP contribution in [0.3, 0.4) is 0 Å². The highest BCUT2D eigenvalue weighted by Gasteiger charge is 2.27. The molecule has 7 N–H and O–H groups in total. The average molecular weight is 452 g/mol. The van der Waals surface area contributed by atoms with E-state index in [1.54, 1.807) is 31.2 Å². The fourth-order valence-corrected chi connectivity index (χ4v) is 3.27. The summed E-state index contributed by atoms with van der Waals surface area (Å²) in [6.45, 7) is 2.08. The van der Waals surface area contributed by atoms with E-state index in [-0.39, 0.29) is 29.5 Å². The van der Waals surface area contributed by atoms with E-state index in [1.807, 2.05) is 18.2 Å². The first kappa shape index (κ1) is 28.4. The van der Waals surface area contributed by atoms with E-state index >= 15 is 0 Å². The van der Waals surface area contributed by atoms with Gasteiger partial charge in [0.25, 0.3) is 0 Å². The minimum atomic E-state index is -0.773. The fourth-order valence-electron chi connectivity index (χ4n) is 3.27. The van der Waals surface area contributed by atoms with Gasteiger partial charge >= 0.3 is 0 Å². The van der Waals surface area contributed by atoms with Gasteiger partial charge in [-0.1, -0.05) is 48.9 Å². The standard InChI is InChI=1S/C23H31N3O3.ClH.H2O/c1-17(22(25)28)26(15-7-3-6-10-18-8-4-2-5-9-18)23(29)21(24)16-19-11-13-20(27)14-12-19;;/h2,4-5,8-9,11-14,17,21,27H,3,6-7,10,15-16,24H2,1H3,(H2,25,28);1H;1H2/t17-,21+;;/m1../s1. The van der Waals surface area contributed by atoms with Crippen LogP contribution in [0, 0.1) is 0 Å². The molecule has 0 bridgehead atoms. The number of benzene rings is 2. The van der Waals surface area contributed by atoms with Crippen LogP contribution in [0.2, 0.25) is 0 Å². The maximum atomic E-state index is 12.9. The molecule has 0 aliphatic carbocycles. The minimum absolute atomic E-state index is 0. The van der Waals surface area contributed by atoms with Crippen molar-refractivity contribution in [3.8, 4) is 5.75 Å². The lowest BCUT2D eigenvalue weighted by molar-refractivity contribution is -0.139. The van der Waals surface area contributed by atoms with Crippen molar-refractivity contribution in [1.82, 2.24) is 4.90 Å². The molecule has 0 fully saturated rings. The second-order valence-electron chi connectivity index (χ2n) is 7.38. The molecule has 0 spiro atoms. The Morgan fingerprint density at radius 3 is 2.16 bits per heavy atom. The number of aromatic hydroxyl groups is 1. The van der Waals surface area contributed by atoms with Gasteiger partial charge in [0.1, 0.15) is 11.8 Å². The molecule has 7 nitrogen and oxygen atoms in total. The minimum Gasteiger partial charge on any atom is -0.508 e. The van der Waals surface area contributed by atoms with Crippen molar-refractivity contribution in [3.05, 3.63) is 65.7 Å². The second kappa shape index (κ2) is 14.4. The van der Waals surface area contributed by atoms with Crippen molar-refractivity contribution in [3.63, 3.8) is 0 Å². The topological polar surface area (TPSA) is 141 Å². The molecule has 0 aromatic heterocycles. The number of primary amides is 1. The van der Waals surface area contributed by atoms with Crippen molar-refractivity contribution in [2.45, 2.75) is 51.1 Å². The highest BCUT2D eigenvalue weighted by molar-refractivity contribution is 5.88. The average Bonchev–Trinajstić information content (AvgIpc) is 2.72. The van der Waals surface area contributed by atoms with E-state index in [9.17, 15) is 14.7 Å². The first-order valence-electron chi connectivity index (χ1n) is 10.1. The lowest BCUT2D eigenvalue weighted by atomic mass is 10.0. The Morgan fingerprint density at radius 2 is 1.58 bits per heavy atom. The van der Waals surface area contributed by atoms with E-state index in [0.29, 0.717) is 13.0 Å². The van der Waals surface area contributed by atoms with E-state index in [1.165, 1.54) is 10.5 Å². The summed E-state index contributed by atoms with van der Waals surface area (Å²) in [5.74, 6) is -0.667. The lowest BCUT2D eigenvalue weighted by Gasteiger charge is -2.30. The van der Waals surface area contributed by atoms with Crippen molar-refractivity contribution < 1.29 is 20.2 Å². The van der Waals surface area contributed by atoms with E-state index in [0.717, 1.165) is 31.2 Å². The van der Waals surface area contributed by atoms with Gasteiger partial charge in [-0.05, 0) is 55.9 Å². The van der Waals surface area contributed by atoms with Crippen LogP contribution in [0.25, 0.3) is 0 Å². The predicted molar refractivity (Wildman–Crippen MR) is 125 cm³/mol. The van der Waals surface area contributed by atoms with Crippen molar-refractivity contribution >= 4 is 24.2 Å². The number of nitrogens with two attached hydrogens (primary N) is 2. The van der Waals surface area contributed by atoms with Gasteiger partial charge in [-0.15, -0.1) is 12.4 Å². The number of aryl methyl sites for hydroxylation is 1. The van der Waals surface area contributed by atoms with E-state index in [2.05, 4.69) is 12.1 Å². The molecule has 0 radical (unpaired) electrons. The Hall–Kier alpha value is -2.61. The molecule has 2 aromatic carbocycles. The number of phenols is 1. The van der Waals surface area contributed by atoms with Crippen molar-refractivity contribution in [2.75, 3.05) is 6.54 Å². The smallest absolute Gasteiger partial charge is 0.240 e. The maximum absolute atomic E-state index is 12.9. The SMILES string of the molecule is C[C@H](C(N)=O)N(CCCCCc1ccccc1)C(=O)[C@@H](N)Cc1ccc(O)cc1.Cl.O. The Kier molecular flexibility index (Phi) is 13.2. The normalized spacial score (nSPS) is 12.1. The van der Waals surface area contributed by atoms with Gasteiger partial charge in [0.15, 0.2) is 0 Å². The zero-order valence-corrected chi connectivity index (χ0v) is 18.7. The number of carbonyl (C=O) groups is 2. The molecular weight excluding hydrogens is 418 g/mol. The fraction of sp³-hybridized carbons (Fsp3) is 0.391. The highest BCUT2D eigenvalue weighted by atomic mass is 35.5. The van der Waals surface area contributed by atoms with Gasteiger partial charge in [-0.25, -0.2) is 0 Å². The summed E-state index contributed by atoms with van der Waals surface area (Å²) >= 11 is 0. The number of hydrogen-bond donors (Lipinski definition) is 3. The molecule has 0 saturated heterocycles. The molecule has 2 amide bonds. The van der Waals surface area contributed by atoms with Gasteiger partial charge in [-0.2, -0.15) is 0 Å². The molecule has 31 heavy (non-hydrogen) atoms. The van der Waals surface area contributed by atoms with Gasteiger partial charge < -0.3 is 26.9 Å². The van der Waals surface area contributed by atoms with Gasteiger partial charge in [0.2, 0.25) is 11.8 Å². The summed E-state index contributed by atoms with van der Waals surface area (Å²) in [6.07, 6.45) is 4.05. The molecule has 8 heteroatoms. The van der Waals surface area contributed by atoms with Crippen LogP contribution in [0.1, 0.15) is 37.3 Å². The van der Waals surface area contributed by atoms with E-state index < -0.39 is 18.0 Å². The van der Waals surface area contributed by atoms with Gasteiger partial charge in [0.05, 0.1) is 6.04 Å². The number of rotatable bonds is 11. The number of amides is 2. The Labute approximate surface area is 190 Å². The molecule has 2 atom stereocenters. The number of unbranched alkanes of at least 4 members (excludes halogenated alkanes) is 2. The Balaban J connectivity index is 0.00000450. The van der Waals surface area contributed by atoms with Crippen LogP contribution in [0.15, 0.2) is 54.6 Å². The van der Waals surface area contributed by atoms with Crippen LogP contribution in [-0.2, 0) is 22.4 Å². The summed E-state index contributed by atoms with van der Waals surface area (Å²) in [5, 5.41) is 9.38. The summed E-state index contributed by atoms with van der Waals surface area (Å²) in [5.41, 5.74) is 13.7. The molecule has 0 saturated carbocycles. The molecular formula is C23H34ClN3O4. The Bertz CT molecular complexity index is 787. The maximum Gasteiger partial charge on any atom is 0.240 e. The summed E-state index contributed by atoms with van der Waals surface area (Å²) in [6, 6.07) is 15.4. The Morgan fingerprint density at radius 1 is 0.968 bits per heavy atom. The zero-order chi connectivity index (χ0) is 21.2. The molecule has 0 unspecified atom stereocenters. The first-order chi connectivity index (χ1) is 13.9. The van der Waals surface area contributed by atoms with Crippen LogP contribution in [0.5, 0.6) is 5.75 Å². The molecule has 2 aromatic rings. The monoisotopic (exact) mass is 451 g/mol. The highest BCUT2D eigenvalue weighted by Crippen LogP contribution is 2.14. The zero-order valence-electron chi connectivity index (χ0n) is 17.9. The molecule has 0 aliphatic rings. The number of nitrogens with zero attached hydrogens (tertiary/aromatic N) is 1. The van der Waals surface area contributed by atoms with Gasteiger partial charge in [0, 0.05) is 6.54 Å². The summed E-state index contributed by atoms with van der Waals surface area (Å²) < 4.78 is 0. The largest absolute Gasteiger partial charge is 0.508 e. The van der Waals surface area contributed by atoms with Gasteiger partial charge in [-0.3, -0.25) is 9.59 Å². The van der Waals surface area contributed by atoms with Crippen molar-refractivity contribution in [2.24, 2.45) is 11.5 Å². The van der Waals surface area contributed by atoms with Crippen LogP contribution >= 0.6 is 12.4 Å². The molecule has 0 heterocycles. The van der Waals surface area contributed by atoms with Crippen LogP contribution in [-0.4, -0.2) is 45.9 Å². The second-order valence-corrected chi connectivity index (χ2v) is 7.38. The third-order valence-corrected chi connectivity index (χ3v) is 5.08. The molecule has 172 valence electrons. The predicted octanol–water partition coefficient (Wildman–Crippen LogP) is 1.97. The quantitative estimate of drug-likeness (QED) is 0.449. The molecule has 2 rings (SSSR count). The summed E-state index contributed by atoms with van der Waals surface area (Å²) in [4.78, 5) is 26.1.